The molecule has 0 fully saturated rings. The number of halogens is 12. The molecule has 0 bridgehead atoms. The molecule has 0 radical (unpaired) electrons. The van der Waals surface area contributed by atoms with Crippen molar-refractivity contribution in [1.82, 2.24) is 10.2 Å². The Hall–Kier alpha value is -2.64. The number of hydrogen-bond donors (Lipinski definition) is 1. The van der Waals surface area contributed by atoms with Gasteiger partial charge in [-0.15, -0.1) is 0 Å². The van der Waals surface area contributed by atoms with Crippen LogP contribution < -0.4 is 5.32 Å². The van der Waals surface area contributed by atoms with Gasteiger partial charge in [0.05, 0.1) is 38.5 Å². The fourth-order valence-electron chi connectivity index (χ4n) is 4.14. The van der Waals surface area contributed by atoms with Gasteiger partial charge >= 0.3 is 18.5 Å². The molecule has 0 heterocycles. The van der Waals surface area contributed by atoms with E-state index in [2.05, 4.69) is 5.32 Å². The standard InChI is InChI=1S/C27H24Cl3F9N2O2/c1-13(2)41(22(42)8-9-25(31,32)33)14(3)40-24(43)17-6-4-15(10-19(17)27(37,38)39)5-7-18(26(34,35)36)16-11-20(28)23(30)21(29)12-16/h4-7,10-14,18H,8-9H2,1-3H3,(H,40,43)/t14-,18?/m0/s1. The Morgan fingerprint density at radius 1 is 0.907 bits per heavy atom. The van der Waals surface area contributed by atoms with Crippen molar-refractivity contribution in [2.24, 2.45) is 0 Å². The molecule has 238 valence electrons. The minimum Gasteiger partial charge on any atom is -0.332 e. The summed E-state index contributed by atoms with van der Waals surface area (Å²) in [6.07, 6.45) is -17.0. The number of allylic oxidation sites excluding steroid dienone is 1. The van der Waals surface area contributed by atoms with Crippen molar-refractivity contribution in [3.8, 4) is 0 Å². The van der Waals surface area contributed by atoms with E-state index in [-0.39, 0.29) is 20.6 Å². The van der Waals surface area contributed by atoms with E-state index in [0.717, 1.165) is 35.2 Å². The lowest BCUT2D eigenvalue weighted by Gasteiger charge is -2.33. The molecule has 0 saturated heterocycles. The first-order valence-electron chi connectivity index (χ1n) is 12.3. The first-order valence-corrected chi connectivity index (χ1v) is 13.5. The second-order valence-corrected chi connectivity index (χ2v) is 10.8. The monoisotopic (exact) mass is 684 g/mol. The predicted molar refractivity (Wildman–Crippen MR) is 145 cm³/mol. The third kappa shape index (κ3) is 10.2. The highest BCUT2D eigenvalue weighted by Gasteiger charge is 2.40. The molecule has 16 heteroatoms. The zero-order chi connectivity index (χ0) is 33.1. The van der Waals surface area contributed by atoms with E-state index in [1.807, 2.05) is 0 Å². The maximum absolute atomic E-state index is 13.9. The lowest BCUT2D eigenvalue weighted by molar-refractivity contribution is -0.151. The number of benzene rings is 2. The van der Waals surface area contributed by atoms with Crippen LogP contribution in [0, 0.1) is 0 Å². The molecule has 0 aliphatic carbocycles. The van der Waals surface area contributed by atoms with Crippen LogP contribution in [-0.2, 0) is 11.0 Å². The highest BCUT2D eigenvalue weighted by molar-refractivity contribution is 6.48. The van der Waals surface area contributed by atoms with Crippen LogP contribution in [0.1, 0.15) is 66.6 Å². The molecule has 2 rings (SSSR count). The van der Waals surface area contributed by atoms with E-state index in [4.69, 9.17) is 34.8 Å². The molecule has 43 heavy (non-hydrogen) atoms. The Morgan fingerprint density at radius 2 is 1.47 bits per heavy atom. The quantitative estimate of drug-likeness (QED) is 0.162. The van der Waals surface area contributed by atoms with Gasteiger partial charge in [-0.1, -0.05) is 53.0 Å². The lowest BCUT2D eigenvalue weighted by Crippen LogP contribution is -2.52. The van der Waals surface area contributed by atoms with Crippen LogP contribution >= 0.6 is 34.8 Å². The molecular formula is C27H24Cl3F9N2O2. The minimum absolute atomic E-state index is 0.183. The summed E-state index contributed by atoms with van der Waals surface area (Å²) in [6.45, 7) is 4.09. The van der Waals surface area contributed by atoms with Crippen LogP contribution in [0.15, 0.2) is 36.4 Å². The third-order valence-corrected chi connectivity index (χ3v) is 7.21. The van der Waals surface area contributed by atoms with E-state index < -0.39 is 78.0 Å². The molecule has 0 spiro atoms. The Balaban J connectivity index is 2.41. The number of carbonyl (C=O) groups is 2. The topological polar surface area (TPSA) is 49.4 Å². The van der Waals surface area contributed by atoms with Gasteiger partial charge < -0.3 is 10.2 Å². The molecule has 0 aliphatic heterocycles. The van der Waals surface area contributed by atoms with Gasteiger partial charge in [0, 0.05) is 12.5 Å². The number of alkyl halides is 9. The average molecular weight is 686 g/mol. The predicted octanol–water partition coefficient (Wildman–Crippen LogP) is 9.68. The molecule has 0 aliphatic rings. The summed E-state index contributed by atoms with van der Waals surface area (Å²) < 4.78 is 121. The molecule has 2 aromatic carbocycles. The van der Waals surface area contributed by atoms with Crippen molar-refractivity contribution < 1.29 is 49.1 Å². The number of rotatable bonds is 9. The van der Waals surface area contributed by atoms with Gasteiger partial charge in [-0.25, -0.2) is 0 Å². The smallest absolute Gasteiger partial charge is 0.332 e. The Morgan fingerprint density at radius 3 is 1.93 bits per heavy atom. The fraction of sp³-hybridized carbons (Fsp3) is 0.407. The summed E-state index contributed by atoms with van der Waals surface area (Å²) in [7, 11) is 0. The second kappa shape index (κ2) is 14.0. The molecule has 2 amide bonds. The molecule has 1 unspecified atom stereocenters. The summed E-state index contributed by atoms with van der Waals surface area (Å²) in [4.78, 5) is 26.1. The maximum Gasteiger partial charge on any atom is 0.417 e. The van der Waals surface area contributed by atoms with E-state index in [9.17, 15) is 49.1 Å². The van der Waals surface area contributed by atoms with Crippen LogP contribution in [0.2, 0.25) is 15.1 Å². The van der Waals surface area contributed by atoms with Gasteiger partial charge in [-0.2, -0.15) is 39.5 Å². The van der Waals surface area contributed by atoms with Crippen molar-refractivity contribution in [3.05, 3.63) is 73.7 Å². The van der Waals surface area contributed by atoms with Gasteiger partial charge in [0.2, 0.25) is 5.91 Å². The van der Waals surface area contributed by atoms with Crippen molar-refractivity contribution in [2.75, 3.05) is 0 Å². The molecule has 2 aromatic rings. The van der Waals surface area contributed by atoms with Gasteiger partial charge in [-0.05, 0) is 56.2 Å². The summed E-state index contributed by atoms with van der Waals surface area (Å²) in [6, 6.07) is 3.27. The third-order valence-electron chi connectivity index (χ3n) is 6.02. The second-order valence-electron chi connectivity index (χ2n) is 9.64. The zero-order valence-electron chi connectivity index (χ0n) is 22.5. The lowest BCUT2D eigenvalue weighted by atomic mass is 9.96. The van der Waals surface area contributed by atoms with Crippen LogP contribution in [0.25, 0.3) is 6.08 Å². The summed E-state index contributed by atoms with van der Waals surface area (Å²) in [5.41, 5.74) is -3.20. The van der Waals surface area contributed by atoms with Gasteiger partial charge in [0.25, 0.3) is 5.91 Å². The highest BCUT2D eigenvalue weighted by Crippen LogP contribution is 2.41. The summed E-state index contributed by atoms with van der Waals surface area (Å²) in [5, 5.41) is 1.45. The molecular weight excluding hydrogens is 662 g/mol. The van der Waals surface area contributed by atoms with Crippen molar-refractivity contribution in [3.63, 3.8) is 0 Å². The Kier molecular flexibility index (Phi) is 11.9. The Labute approximate surface area is 255 Å². The molecule has 0 aromatic heterocycles. The SMILES string of the molecule is CC(C)N(C(=O)CCC(F)(F)F)[C@@H](C)NC(=O)c1ccc(C=CC(c2cc(Cl)c(Cl)c(Cl)c2)C(F)(F)F)cc1C(F)(F)F. The van der Waals surface area contributed by atoms with E-state index in [1.54, 1.807) is 0 Å². The maximum atomic E-state index is 13.9. The average Bonchev–Trinajstić information content (AvgIpc) is 2.84. The first kappa shape index (κ1) is 36.6. The van der Waals surface area contributed by atoms with Gasteiger partial charge in [0.15, 0.2) is 0 Å². The normalized spacial score (nSPS) is 14.2. The van der Waals surface area contributed by atoms with Crippen LogP contribution in [-0.4, -0.2) is 41.3 Å². The number of carbonyl (C=O) groups excluding carboxylic acids is 2. The number of amides is 2. The first-order chi connectivity index (χ1) is 19.5. The van der Waals surface area contributed by atoms with E-state index in [1.165, 1.54) is 20.8 Å². The van der Waals surface area contributed by atoms with Crippen LogP contribution in [0.5, 0.6) is 0 Å². The summed E-state index contributed by atoms with van der Waals surface area (Å²) >= 11 is 17.5. The van der Waals surface area contributed by atoms with E-state index >= 15 is 0 Å². The van der Waals surface area contributed by atoms with Crippen molar-refractivity contribution in [2.45, 2.75) is 70.3 Å². The molecule has 2 atom stereocenters. The van der Waals surface area contributed by atoms with Crippen molar-refractivity contribution in [1.29, 1.82) is 0 Å². The molecule has 4 nitrogen and oxygen atoms in total. The number of hydrogen-bond acceptors (Lipinski definition) is 2. The minimum atomic E-state index is -5.14. The van der Waals surface area contributed by atoms with Crippen molar-refractivity contribution >= 4 is 52.7 Å². The molecule has 1 N–H and O–H groups in total. The Bertz CT molecular complexity index is 1330. The number of nitrogens with zero attached hydrogens (tertiary/aromatic N) is 1. The molecule has 0 saturated carbocycles. The van der Waals surface area contributed by atoms with E-state index in [0.29, 0.717) is 12.1 Å². The summed E-state index contributed by atoms with van der Waals surface area (Å²) in [5.74, 6) is -4.64. The van der Waals surface area contributed by atoms with Crippen LogP contribution in [0.3, 0.4) is 0 Å². The van der Waals surface area contributed by atoms with Crippen LogP contribution in [0.4, 0.5) is 39.5 Å². The van der Waals surface area contributed by atoms with Gasteiger partial charge in [-0.3, -0.25) is 9.59 Å². The highest BCUT2D eigenvalue weighted by atomic mass is 35.5. The van der Waals surface area contributed by atoms with Gasteiger partial charge in [0.1, 0.15) is 6.17 Å². The zero-order valence-corrected chi connectivity index (χ0v) is 24.8. The number of nitrogens with one attached hydrogen (secondary N) is 1. The fourth-order valence-corrected chi connectivity index (χ4v) is 4.75. The largest absolute Gasteiger partial charge is 0.417 e.